The number of pyridine rings is 1. The van der Waals surface area contributed by atoms with Gasteiger partial charge < -0.3 is 11.1 Å². The second-order valence-electron chi connectivity index (χ2n) is 4.18. The first-order valence-electron chi connectivity index (χ1n) is 5.82. The number of carbonyl (C=O) groups excluding carboxylic acids is 1. The van der Waals surface area contributed by atoms with E-state index in [2.05, 4.69) is 26.2 Å². The summed E-state index contributed by atoms with van der Waals surface area (Å²) in [6.45, 7) is 2.62. The van der Waals surface area contributed by atoms with Crippen LogP contribution in [0.15, 0.2) is 41.0 Å². The predicted octanol–water partition coefficient (Wildman–Crippen LogP) is 2.86. The normalized spacial score (nSPS) is 10.2. The van der Waals surface area contributed by atoms with Crippen molar-refractivity contribution < 1.29 is 4.79 Å². The summed E-state index contributed by atoms with van der Waals surface area (Å²) in [5.74, 6) is -0.410. The van der Waals surface area contributed by atoms with Gasteiger partial charge in [0.15, 0.2) is 0 Å². The molecule has 0 aliphatic carbocycles. The molecule has 0 saturated carbocycles. The van der Waals surface area contributed by atoms with Crippen molar-refractivity contribution in [2.24, 2.45) is 5.73 Å². The van der Waals surface area contributed by atoms with Crippen LogP contribution in [-0.4, -0.2) is 10.9 Å². The van der Waals surface area contributed by atoms with Crippen LogP contribution in [0.4, 0.5) is 5.69 Å². The van der Waals surface area contributed by atoms with Crippen LogP contribution in [0.25, 0.3) is 0 Å². The molecule has 98 valence electrons. The van der Waals surface area contributed by atoms with Gasteiger partial charge in [-0.25, -0.2) is 4.98 Å². The highest BCUT2D eigenvalue weighted by Crippen LogP contribution is 2.17. The summed E-state index contributed by atoms with van der Waals surface area (Å²) in [6, 6.07) is 11.1. The van der Waals surface area contributed by atoms with Crippen LogP contribution in [0.5, 0.6) is 0 Å². The maximum atomic E-state index is 11.0. The molecule has 0 fully saturated rings. The Morgan fingerprint density at radius 1 is 1.26 bits per heavy atom. The lowest BCUT2D eigenvalue weighted by Crippen LogP contribution is -2.10. The molecule has 4 nitrogen and oxygen atoms in total. The van der Waals surface area contributed by atoms with E-state index in [9.17, 15) is 4.79 Å². The van der Waals surface area contributed by atoms with E-state index in [1.165, 1.54) is 0 Å². The Hall–Kier alpha value is -1.88. The van der Waals surface area contributed by atoms with Gasteiger partial charge in [0.25, 0.3) is 0 Å². The Kier molecular flexibility index (Phi) is 4.16. The van der Waals surface area contributed by atoms with Crippen molar-refractivity contribution >= 4 is 27.5 Å². The number of hydrogen-bond acceptors (Lipinski definition) is 3. The molecule has 2 rings (SSSR count). The Bertz CT molecular complexity index is 596. The van der Waals surface area contributed by atoms with Crippen LogP contribution >= 0.6 is 15.9 Å². The number of nitrogens with one attached hydrogen (secondary N) is 1. The molecule has 1 aromatic carbocycles. The number of nitrogens with two attached hydrogens (primary N) is 1. The highest BCUT2D eigenvalue weighted by molar-refractivity contribution is 9.10. The van der Waals surface area contributed by atoms with Crippen LogP contribution in [0.1, 0.15) is 21.6 Å². The SMILES string of the molecule is Cc1nc(Br)ccc1NCc1ccc(C(N)=O)cc1. The largest absolute Gasteiger partial charge is 0.380 e. The van der Waals surface area contributed by atoms with Gasteiger partial charge in [0.05, 0.1) is 11.4 Å². The summed E-state index contributed by atoms with van der Waals surface area (Å²) in [7, 11) is 0. The van der Waals surface area contributed by atoms with Crippen molar-refractivity contribution in [3.8, 4) is 0 Å². The van der Waals surface area contributed by atoms with Crippen LogP contribution < -0.4 is 11.1 Å². The van der Waals surface area contributed by atoms with Crippen LogP contribution in [-0.2, 0) is 6.54 Å². The molecule has 1 heterocycles. The number of anilines is 1. The van der Waals surface area contributed by atoms with Gasteiger partial charge in [-0.05, 0) is 52.7 Å². The molecule has 0 spiro atoms. The number of halogens is 1. The van der Waals surface area contributed by atoms with E-state index < -0.39 is 5.91 Å². The van der Waals surface area contributed by atoms with Gasteiger partial charge in [-0.3, -0.25) is 4.79 Å². The van der Waals surface area contributed by atoms with E-state index in [-0.39, 0.29) is 0 Å². The molecule has 0 unspecified atom stereocenters. The lowest BCUT2D eigenvalue weighted by atomic mass is 10.1. The number of benzene rings is 1. The standard InChI is InChI=1S/C14H14BrN3O/c1-9-12(6-7-13(15)18-9)17-8-10-2-4-11(5-3-10)14(16)19/h2-7,17H,8H2,1H3,(H2,16,19). The number of amides is 1. The minimum absolute atomic E-state index is 0.410. The van der Waals surface area contributed by atoms with Gasteiger partial charge in [-0.15, -0.1) is 0 Å². The molecular weight excluding hydrogens is 306 g/mol. The average Bonchev–Trinajstić information content (AvgIpc) is 2.38. The van der Waals surface area contributed by atoms with Gasteiger partial charge in [-0.2, -0.15) is 0 Å². The summed E-state index contributed by atoms with van der Waals surface area (Å²) in [6.07, 6.45) is 0. The van der Waals surface area contributed by atoms with Gasteiger partial charge in [-0.1, -0.05) is 12.1 Å². The fourth-order valence-corrected chi connectivity index (χ4v) is 2.10. The number of rotatable bonds is 4. The molecule has 0 aliphatic rings. The van der Waals surface area contributed by atoms with Crippen molar-refractivity contribution in [2.75, 3.05) is 5.32 Å². The summed E-state index contributed by atoms with van der Waals surface area (Å²) in [5, 5.41) is 3.31. The Morgan fingerprint density at radius 2 is 1.95 bits per heavy atom. The molecule has 1 aromatic heterocycles. The zero-order chi connectivity index (χ0) is 13.8. The van der Waals surface area contributed by atoms with Gasteiger partial charge in [0.2, 0.25) is 5.91 Å². The molecule has 1 amide bonds. The van der Waals surface area contributed by atoms with E-state index in [0.29, 0.717) is 12.1 Å². The monoisotopic (exact) mass is 319 g/mol. The molecule has 0 saturated heterocycles. The Balaban J connectivity index is 2.04. The van der Waals surface area contributed by atoms with Crippen molar-refractivity contribution in [1.82, 2.24) is 4.98 Å². The summed E-state index contributed by atoms with van der Waals surface area (Å²) >= 11 is 3.33. The molecular formula is C14H14BrN3O. The highest BCUT2D eigenvalue weighted by atomic mass is 79.9. The minimum atomic E-state index is -0.410. The van der Waals surface area contributed by atoms with Gasteiger partial charge >= 0.3 is 0 Å². The van der Waals surface area contributed by atoms with E-state index >= 15 is 0 Å². The van der Waals surface area contributed by atoms with Gasteiger partial charge in [0.1, 0.15) is 4.60 Å². The van der Waals surface area contributed by atoms with Crippen molar-refractivity contribution in [1.29, 1.82) is 0 Å². The molecule has 0 bridgehead atoms. The van der Waals surface area contributed by atoms with Crippen LogP contribution in [0.2, 0.25) is 0 Å². The molecule has 5 heteroatoms. The third-order valence-corrected chi connectivity index (χ3v) is 3.21. The number of primary amides is 1. The number of hydrogen-bond donors (Lipinski definition) is 2. The fourth-order valence-electron chi connectivity index (χ4n) is 1.70. The lowest BCUT2D eigenvalue weighted by Gasteiger charge is -2.09. The number of carbonyl (C=O) groups is 1. The molecule has 3 N–H and O–H groups in total. The maximum absolute atomic E-state index is 11.0. The van der Waals surface area contributed by atoms with E-state index in [1.54, 1.807) is 12.1 Å². The van der Waals surface area contributed by atoms with Crippen molar-refractivity contribution in [3.05, 3.63) is 57.8 Å². The van der Waals surface area contributed by atoms with E-state index in [1.807, 2.05) is 31.2 Å². The van der Waals surface area contributed by atoms with E-state index in [0.717, 1.165) is 21.5 Å². The molecule has 0 aliphatic heterocycles. The first-order valence-corrected chi connectivity index (χ1v) is 6.61. The Labute approximate surface area is 120 Å². The summed E-state index contributed by atoms with van der Waals surface area (Å²) in [5.41, 5.74) is 8.71. The third kappa shape index (κ3) is 3.54. The maximum Gasteiger partial charge on any atom is 0.248 e. The quantitative estimate of drug-likeness (QED) is 0.851. The molecule has 2 aromatic rings. The second-order valence-corrected chi connectivity index (χ2v) is 4.99. The molecule has 0 atom stereocenters. The second kappa shape index (κ2) is 5.84. The highest BCUT2D eigenvalue weighted by Gasteiger charge is 2.02. The van der Waals surface area contributed by atoms with Gasteiger partial charge in [0, 0.05) is 12.1 Å². The molecule has 19 heavy (non-hydrogen) atoms. The summed E-state index contributed by atoms with van der Waals surface area (Å²) in [4.78, 5) is 15.3. The molecule has 0 radical (unpaired) electrons. The third-order valence-electron chi connectivity index (χ3n) is 2.77. The Morgan fingerprint density at radius 3 is 2.53 bits per heavy atom. The topological polar surface area (TPSA) is 68.0 Å². The number of aromatic nitrogens is 1. The fraction of sp³-hybridized carbons (Fsp3) is 0.143. The average molecular weight is 320 g/mol. The number of nitrogens with zero attached hydrogens (tertiary/aromatic N) is 1. The smallest absolute Gasteiger partial charge is 0.248 e. The zero-order valence-corrected chi connectivity index (χ0v) is 12.1. The zero-order valence-electron chi connectivity index (χ0n) is 10.5. The minimum Gasteiger partial charge on any atom is -0.380 e. The van der Waals surface area contributed by atoms with E-state index in [4.69, 9.17) is 5.73 Å². The first-order chi connectivity index (χ1) is 9.06. The predicted molar refractivity (Wildman–Crippen MR) is 79.0 cm³/mol. The van der Waals surface area contributed by atoms with Crippen LogP contribution in [0.3, 0.4) is 0 Å². The number of aryl methyl sites for hydroxylation is 1. The van der Waals surface area contributed by atoms with Crippen molar-refractivity contribution in [2.45, 2.75) is 13.5 Å². The first kappa shape index (κ1) is 13.5. The van der Waals surface area contributed by atoms with Crippen molar-refractivity contribution in [3.63, 3.8) is 0 Å². The summed E-state index contributed by atoms with van der Waals surface area (Å²) < 4.78 is 0.821. The lowest BCUT2D eigenvalue weighted by molar-refractivity contribution is 0.100. The van der Waals surface area contributed by atoms with Crippen LogP contribution in [0, 0.1) is 6.92 Å².